The molecule has 3 aromatic rings. The van der Waals surface area contributed by atoms with E-state index < -0.39 is 34.2 Å². The summed E-state index contributed by atoms with van der Waals surface area (Å²) >= 11 is 0. The molecule has 3 rings (SSSR count). The maximum Gasteiger partial charge on any atom is 0.201 e. The molecule has 0 saturated heterocycles. The van der Waals surface area contributed by atoms with Gasteiger partial charge in [0.15, 0.2) is 22.8 Å². The van der Waals surface area contributed by atoms with E-state index in [1.807, 2.05) is 0 Å². The van der Waals surface area contributed by atoms with Crippen molar-refractivity contribution in [2.75, 3.05) is 0 Å². The second-order valence-electron chi connectivity index (χ2n) is 4.65. The van der Waals surface area contributed by atoms with Gasteiger partial charge in [0.1, 0.15) is 12.0 Å². The van der Waals surface area contributed by atoms with Crippen molar-refractivity contribution in [1.29, 1.82) is 0 Å². The molecule has 0 atom stereocenters. The molecular weight excluding hydrogens is 292 g/mol. The van der Waals surface area contributed by atoms with Crippen molar-refractivity contribution >= 4 is 11.0 Å². The lowest BCUT2D eigenvalue weighted by Gasteiger charge is -2.08. The molecule has 0 spiro atoms. The average molecular weight is 302 g/mol. The monoisotopic (exact) mass is 302 g/mol. The summed E-state index contributed by atoms with van der Waals surface area (Å²) in [5, 5.41) is 47.7. The molecule has 7 heteroatoms. The van der Waals surface area contributed by atoms with E-state index in [9.17, 15) is 30.3 Å². The van der Waals surface area contributed by atoms with Gasteiger partial charge in [-0.25, -0.2) is 0 Å². The summed E-state index contributed by atoms with van der Waals surface area (Å²) in [4.78, 5) is 12.4. The van der Waals surface area contributed by atoms with Gasteiger partial charge in [-0.05, 0) is 18.2 Å². The van der Waals surface area contributed by atoms with Gasteiger partial charge in [0, 0.05) is 11.6 Å². The number of rotatable bonds is 1. The molecule has 1 aromatic heterocycles. The minimum absolute atomic E-state index is 0.0141. The molecule has 0 aliphatic heterocycles. The second-order valence-corrected chi connectivity index (χ2v) is 4.65. The predicted molar refractivity (Wildman–Crippen MR) is 76.2 cm³/mol. The van der Waals surface area contributed by atoms with Crippen molar-refractivity contribution in [3.8, 4) is 39.9 Å². The second kappa shape index (κ2) is 4.59. The van der Waals surface area contributed by atoms with E-state index in [0.29, 0.717) is 0 Å². The van der Waals surface area contributed by atoms with E-state index in [2.05, 4.69) is 0 Å². The highest BCUT2D eigenvalue weighted by Gasteiger charge is 2.17. The van der Waals surface area contributed by atoms with Gasteiger partial charge in [-0.3, -0.25) is 4.79 Å². The Balaban J connectivity index is 2.34. The third-order valence-electron chi connectivity index (χ3n) is 3.28. The molecule has 5 N–H and O–H groups in total. The van der Waals surface area contributed by atoms with Crippen LogP contribution in [-0.4, -0.2) is 25.5 Å². The van der Waals surface area contributed by atoms with Gasteiger partial charge in [-0.1, -0.05) is 0 Å². The molecule has 0 unspecified atom stereocenters. The zero-order valence-electron chi connectivity index (χ0n) is 10.9. The van der Waals surface area contributed by atoms with Crippen molar-refractivity contribution in [2.24, 2.45) is 0 Å². The van der Waals surface area contributed by atoms with Crippen molar-refractivity contribution in [1.82, 2.24) is 0 Å². The molecule has 0 fully saturated rings. The van der Waals surface area contributed by atoms with Gasteiger partial charge in [-0.15, -0.1) is 0 Å². The quantitative estimate of drug-likeness (QED) is 0.343. The minimum atomic E-state index is -0.586. The zero-order chi connectivity index (χ0) is 16.0. The lowest BCUT2D eigenvalue weighted by Crippen LogP contribution is -2.04. The van der Waals surface area contributed by atoms with Crippen molar-refractivity contribution in [2.45, 2.75) is 0 Å². The minimum Gasteiger partial charge on any atom is -0.507 e. The number of hydrogen-bond donors (Lipinski definition) is 5. The molecule has 0 bridgehead atoms. The van der Waals surface area contributed by atoms with Gasteiger partial charge in [0.05, 0.1) is 10.9 Å². The zero-order valence-corrected chi connectivity index (χ0v) is 10.9. The Morgan fingerprint density at radius 1 is 0.773 bits per heavy atom. The van der Waals surface area contributed by atoms with Gasteiger partial charge in [-0.2, -0.15) is 0 Å². The van der Waals surface area contributed by atoms with E-state index >= 15 is 0 Å². The molecule has 0 aliphatic carbocycles. The van der Waals surface area contributed by atoms with Crippen LogP contribution in [0, 0.1) is 0 Å². The van der Waals surface area contributed by atoms with Gasteiger partial charge in [0.25, 0.3) is 0 Å². The van der Waals surface area contributed by atoms with Crippen LogP contribution in [-0.2, 0) is 0 Å². The summed E-state index contributed by atoms with van der Waals surface area (Å²) in [5.41, 5.74) is -0.905. The molecule has 0 radical (unpaired) electrons. The van der Waals surface area contributed by atoms with Gasteiger partial charge >= 0.3 is 0 Å². The SMILES string of the molecule is O=c1c(-c2cc(O)c(O)cc2O)coc2c(O)c(O)ccc12. The summed E-state index contributed by atoms with van der Waals surface area (Å²) in [6, 6.07) is 4.30. The normalized spacial score (nSPS) is 10.9. The number of phenolic OH excluding ortho intramolecular Hbond substituents is 5. The summed E-state index contributed by atoms with van der Waals surface area (Å²) in [5.74, 6) is -2.48. The fraction of sp³-hybridized carbons (Fsp3) is 0. The van der Waals surface area contributed by atoms with Crippen LogP contribution in [0.25, 0.3) is 22.1 Å². The van der Waals surface area contributed by atoms with Crippen molar-refractivity contribution in [3.05, 3.63) is 40.8 Å². The number of fused-ring (bicyclic) bond motifs is 1. The van der Waals surface area contributed by atoms with E-state index in [4.69, 9.17) is 4.42 Å². The molecule has 7 nitrogen and oxygen atoms in total. The largest absolute Gasteiger partial charge is 0.507 e. The number of aromatic hydroxyl groups is 5. The van der Waals surface area contributed by atoms with Crippen LogP contribution < -0.4 is 5.43 Å². The van der Waals surface area contributed by atoms with Crippen molar-refractivity contribution in [3.63, 3.8) is 0 Å². The lowest BCUT2D eigenvalue weighted by molar-refractivity contribution is 0.397. The third kappa shape index (κ3) is 1.87. The Morgan fingerprint density at radius 3 is 2.18 bits per heavy atom. The first kappa shape index (κ1) is 13.6. The number of hydrogen-bond acceptors (Lipinski definition) is 7. The van der Waals surface area contributed by atoms with Crippen LogP contribution in [0.15, 0.2) is 39.7 Å². The highest BCUT2D eigenvalue weighted by Crippen LogP contribution is 2.39. The standard InChI is InChI=1S/C15H10O7/c16-9-2-1-6-13(20)8(5-22-15(6)14(9)21)7-3-11(18)12(19)4-10(7)17/h1-5,16-19,21H. The van der Waals surface area contributed by atoms with Crippen molar-refractivity contribution < 1.29 is 29.9 Å². The Kier molecular flexibility index (Phi) is 2.84. The van der Waals surface area contributed by atoms with Crippen LogP contribution in [0.2, 0.25) is 0 Å². The first-order valence-corrected chi connectivity index (χ1v) is 6.12. The Labute approximate surface area is 122 Å². The van der Waals surface area contributed by atoms with Crippen LogP contribution in [0.4, 0.5) is 0 Å². The third-order valence-corrected chi connectivity index (χ3v) is 3.28. The van der Waals surface area contributed by atoms with Crippen LogP contribution in [0.1, 0.15) is 0 Å². The molecule has 22 heavy (non-hydrogen) atoms. The Bertz CT molecular complexity index is 956. The van der Waals surface area contributed by atoms with E-state index in [1.54, 1.807) is 0 Å². The number of benzene rings is 2. The summed E-state index contributed by atoms with van der Waals surface area (Å²) < 4.78 is 5.15. The molecule has 112 valence electrons. The highest BCUT2D eigenvalue weighted by atomic mass is 16.4. The maximum absolute atomic E-state index is 12.4. The molecule has 0 amide bonds. The lowest BCUT2D eigenvalue weighted by atomic mass is 10.0. The highest BCUT2D eigenvalue weighted by molar-refractivity contribution is 5.88. The van der Waals surface area contributed by atoms with Gasteiger partial charge in [0.2, 0.25) is 11.2 Å². The topological polar surface area (TPSA) is 131 Å². The number of phenols is 5. The average Bonchev–Trinajstić information content (AvgIpc) is 2.48. The summed E-state index contributed by atoms with van der Waals surface area (Å²) in [7, 11) is 0. The molecule has 2 aromatic carbocycles. The first-order valence-electron chi connectivity index (χ1n) is 6.12. The van der Waals surface area contributed by atoms with E-state index in [0.717, 1.165) is 24.5 Å². The van der Waals surface area contributed by atoms with Crippen LogP contribution in [0.3, 0.4) is 0 Å². The fourth-order valence-corrected chi connectivity index (χ4v) is 2.14. The molecular formula is C15H10O7. The Hall–Kier alpha value is -3.35. The van der Waals surface area contributed by atoms with Crippen LogP contribution >= 0.6 is 0 Å². The van der Waals surface area contributed by atoms with Crippen LogP contribution in [0.5, 0.6) is 28.7 Å². The first-order chi connectivity index (χ1) is 10.4. The molecule has 1 heterocycles. The summed E-state index contributed by atoms with van der Waals surface area (Å²) in [6.45, 7) is 0. The molecule has 0 saturated carbocycles. The molecule has 0 aliphatic rings. The fourth-order valence-electron chi connectivity index (χ4n) is 2.14. The Morgan fingerprint density at radius 2 is 1.45 bits per heavy atom. The van der Waals surface area contributed by atoms with E-state index in [1.165, 1.54) is 6.07 Å². The smallest absolute Gasteiger partial charge is 0.201 e. The maximum atomic E-state index is 12.4. The van der Waals surface area contributed by atoms with E-state index in [-0.39, 0.29) is 22.1 Å². The predicted octanol–water partition coefficient (Wildman–Crippen LogP) is 1.99. The van der Waals surface area contributed by atoms with Gasteiger partial charge < -0.3 is 29.9 Å². The summed E-state index contributed by atoms with van der Waals surface area (Å²) in [6.07, 6.45) is 0.982.